The molecule has 0 saturated carbocycles. The number of urea groups is 1. The number of amides is 2. The lowest BCUT2D eigenvalue weighted by atomic mass is 10.1. The Kier molecular flexibility index (Phi) is 4.20. The first kappa shape index (κ1) is 14.7. The molecule has 0 bridgehead atoms. The van der Waals surface area contributed by atoms with Crippen LogP contribution in [-0.2, 0) is 4.74 Å². The van der Waals surface area contributed by atoms with Crippen molar-refractivity contribution in [2.75, 3.05) is 18.5 Å². The molecule has 1 fully saturated rings. The van der Waals surface area contributed by atoms with Crippen LogP contribution in [0.25, 0.3) is 11.0 Å². The lowest BCUT2D eigenvalue weighted by Crippen LogP contribution is -2.41. The molecule has 0 radical (unpaired) electrons. The molecule has 2 amide bonds. The second kappa shape index (κ2) is 6.27. The number of carbonyl (C=O) groups excluding carboxylic acids is 1. The van der Waals surface area contributed by atoms with E-state index < -0.39 is 0 Å². The van der Waals surface area contributed by atoms with Crippen molar-refractivity contribution in [1.82, 2.24) is 15.3 Å². The monoisotopic (exact) mass is 300 g/mol. The Bertz CT molecular complexity index is 696. The number of rotatable bonds is 2. The average Bonchev–Trinajstić information content (AvgIpc) is 2.49. The predicted molar refractivity (Wildman–Crippen MR) is 85.0 cm³/mol. The average molecular weight is 300 g/mol. The third-order valence-electron chi connectivity index (χ3n) is 3.89. The van der Waals surface area contributed by atoms with E-state index >= 15 is 0 Å². The molecular formula is C16H20N4O2. The van der Waals surface area contributed by atoms with Crippen molar-refractivity contribution in [1.29, 1.82) is 0 Å². The van der Waals surface area contributed by atoms with Crippen molar-refractivity contribution in [3.63, 3.8) is 0 Å². The van der Waals surface area contributed by atoms with Gasteiger partial charge in [0.2, 0.25) is 0 Å². The van der Waals surface area contributed by atoms with E-state index in [-0.39, 0.29) is 12.1 Å². The van der Waals surface area contributed by atoms with Gasteiger partial charge >= 0.3 is 6.03 Å². The maximum atomic E-state index is 12.0. The van der Waals surface area contributed by atoms with Crippen LogP contribution in [0.4, 0.5) is 10.5 Å². The largest absolute Gasteiger partial charge is 0.381 e. The summed E-state index contributed by atoms with van der Waals surface area (Å²) in [6.45, 7) is 5.28. The number of carbonyl (C=O) groups is 1. The molecule has 1 aromatic carbocycles. The minimum Gasteiger partial charge on any atom is -0.381 e. The van der Waals surface area contributed by atoms with Crippen molar-refractivity contribution in [3.05, 3.63) is 29.6 Å². The van der Waals surface area contributed by atoms with E-state index in [4.69, 9.17) is 4.74 Å². The zero-order valence-corrected chi connectivity index (χ0v) is 12.8. The second-order valence-electron chi connectivity index (χ2n) is 5.58. The Morgan fingerprint density at radius 2 is 1.82 bits per heavy atom. The summed E-state index contributed by atoms with van der Waals surface area (Å²) in [6, 6.07) is 5.55. The standard InChI is InChI=1S/C16H20N4O2/c1-10-11(2)18-15-9-13(3-4-14(15)17-10)20-16(21)19-12-5-7-22-8-6-12/h3-4,9,12H,5-8H2,1-2H3,(H2,19,20,21). The molecule has 6 nitrogen and oxygen atoms in total. The molecule has 0 aliphatic carbocycles. The van der Waals surface area contributed by atoms with E-state index in [0.717, 1.165) is 41.0 Å². The van der Waals surface area contributed by atoms with Gasteiger partial charge in [-0.2, -0.15) is 0 Å². The Labute approximate surface area is 129 Å². The Morgan fingerprint density at radius 3 is 2.55 bits per heavy atom. The number of nitrogens with zero attached hydrogens (tertiary/aromatic N) is 2. The Balaban J connectivity index is 1.70. The van der Waals surface area contributed by atoms with Crippen molar-refractivity contribution in [2.24, 2.45) is 0 Å². The van der Waals surface area contributed by atoms with E-state index in [0.29, 0.717) is 13.2 Å². The van der Waals surface area contributed by atoms with Crippen LogP contribution in [-0.4, -0.2) is 35.3 Å². The summed E-state index contributed by atoms with van der Waals surface area (Å²) in [4.78, 5) is 21.0. The molecule has 2 N–H and O–H groups in total. The van der Waals surface area contributed by atoms with Gasteiger partial charge in [-0.05, 0) is 44.9 Å². The molecule has 3 rings (SSSR count). The van der Waals surface area contributed by atoms with Crippen LogP contribution in [0.1, 0.15) is 24.2 Å². The second-order valence-corrected chi connectivity index (χ2v) is 5.58. The van der Waals surface area contributed by atoms with Crippen LogP contribution in [0.2, 0.25) is 0 Å². The van der Waals surface area contributed by atoms with Gasteiger partial charge in [-0.15, -0.1) is 0 Å². The summed E-state index contributed by atoms with van der Waals surface area (Å²) in [5, 5.41) is 5.83. The van der Waals surface area contributed by atoms with Crippen molar-refractivity contribution >= 4 is 22.8 Å². The number of nitrogens with one attached hydrogen (secondary N) is 2. The Morgan fingerprint density at radius 1 is 1.14 bits per heavy atom. The number of aromatic nitrogens is 2. The van der Waals surface area contributed by atoms with Crippen LogP contribution in [0.3, 0.4) is 0 Å². The Hall–Kier alpha value is -2.21. The first-order valence-corrected chi connectivity index (χ1v) is 7.52. The fraction of sp³-hybridized carbons (Fsp3) is 0.438. The lowest BCUT2D eigenvalue weighted by Gasteiger charge is -2.23. The van der Waals surface area contributed by atoms with E-state index in [1.165, 1.54) is 0 Å². The van der Waals surface area contributed by atoms with Gasteiger partial charge in [0.15, 0.2) is 0 Å². The van der Waals surface area contributed by atoms with Crippen LogP contribution in [0, 0.1) is 13.8 Å². The van der Waals surface area contributed by atoms with E-state index in [1.54, 1.807) is 0 Å². The minimum absolute atomic E-state index is 0.180. The molecule has 1 aromatic heterocycles. The van der Waals surface area contributed by atoms with E-state index in [2.05, 4.69) is 20.6 Å². The third kappa shape index (κ3) is 3.33. The molecule has 22 heavy (non-hydrogen) atoms. The van der Waals surface area contributed by atoms with Crippen LogP contribution >= 0.6 is 0 Å². The molecule has 2 aromatic rings. The van der Waals surface area contributed by atoms with Crippen LogP contribution in [0.5, 0.6) is 0 Å². The summed E-state index contributed by atoms with van der Waals surface area (Å²) in [5.74, 6) is 0. The molecule has 0 atom stereocenters. The van der Waals surface area contributed by atoms with Crippen molar-refractivity contribution < 1.29 is 9.53 Å². The fourth-order valence-electron chi connectivity index (χ4n) is 2.50. The number of benzene rings is 1. The van der Waals surface area contributed by atoms with Gasteiger partial charge in [0.05, 0.1) is 22.4 Å². The molecule has 1 saturated heterocycles. The number of hydrogen-bond acceptors (Lipinski definition) is 4. The van der Waals surface area contributed by atoms with Gasteiger partial charge in [0, 0.05) is 24.9 Å². The number of hydrogen-bond donors (Lipinski definition) is 2. The molecule has 0 unspecified atom stereocenters. The zero-order chi connectivity index (χ0) is 15.5. The molecule has 0 spiro atoms. The van der Waals surface area contributed by atoms with Crippen molar-refractivity contribution in [2.45, 2.75) is 32.7 Å². The zero-order valence-electron chi connectivity index (χ0n) is 12.8. The first-order valence-electron chi connectivity index (χ1n) is 7.52. The molecule has 1 aliphatic rings. The predicted octanol–water partition coefficient (Wildman–Crippen LogP) is 2.55. The number of anilines is 1. The highest BCUT2D eigenvalue weighted by atomic mass is 16.5. The summed E-state index contributed by atoms with van der Waals surface area (Å²) in [7, 11) is 0. The van der Waals surface area contributed by atoms with Crippen LogP contribution < -0.4 is 10.6 Å². The summed E-state index contributed by atoms with van der Waals surface area (Å²) in [6.07, 6.45) is 1.71. The smallest absolute Gasteiger partial charge is 0.319 e. The lowest BCUT2D eigenvalue weighted by molar-refractivity contribution is 0.0806. The normalized spacial score (nSPS) is 15.7. The number of fused-ring (bicyclic) bond motifs is 1. The first-order chi connectivity index (χ1) is 10.6. The molecule has 2 heterocycles. The van der Waals surface area contributed by atoms with Gasteiger partial charge in [0.1, 0.15) is 0 Å². The maximum Gasteiger partial charge on any atom is 0.319 e. The molecule has 1 aliphatic heterocycles. The summed E-state index contributed by atoms with van der Waals surface area (Å²) >= 11 is 0. The molecular weight excluding hydrogens is 280 g/mol. The highest BCUT2D eigenvalue weighted by Gasteiger charge is 2.16. The van der Waals surface area contributed by atoms with Crippen molar-refractivity contribution in [3.8, 4) is 0 Å². The topological polar surface area (TPSA) is 76.1 Å². The number of aryl methyl sites for hydroxylation is 2. The maximum absolute atomic E-state index is 12.0. The van der Waals surface area contributed by atoms with E-state index in [9.17, 15) is 4.79 Å². The fourth-order valence-corrected chi connectivity index (χ4v) is 2.50. The quantitative estimate of drug-likeness (QED) is 0.893. The summed E-state index contributed by atoms with van der Waals surface area (Å²) < 4.78 is 5.28. The van der Waals surface area contributed by atoms with Gasteiger partial charge in [-0.1, -0.05) is 0 Å². The highest BCUT2D eigenvalue weighted by molar-refractivity contribution is 5.92. The van der Waals surface area contributed by atoms with Gasteiger partial charge in [-0.3, -0.25) is 0 Å². The van der Waals surface area contributed by atoms with E-state index in [1.807, 2.05) is 32.0 Å². The molecule has 116 valence electrons. The third-order valence-corrected chi connectivity index (χ3v) is 3.89. The van der Waals surface area contributed by atoms with Crippen LogP contribution in [0.15, 0.2) is 18.2 Å². The van der Waals surface area contributed by atoms with Gasteiger partial charge in [-0.25, -0.2) is 14.8 Å². The summed E-state index contributed by atoms with van der Waals surface area (Å²) in [5.41, 5.74) is 4.15. The van der Waals surface area contributed by atoms with Gasteiger partial charge < -0.3 is 15.4 Å². The minimum atomic E-state index is -0.192. The number of ether oxygens (including phenoxy) is 1. The van der Waals surface area contributed by atoms with Gasteiger partial charge in [0.25, 0.3) is 0 Å². The molecule has 6 heteroatoms. The highest BCUT2D eigenvalue weighted by Crippen LogP contribution is 2.17. The SMILES string of the molecule is Cc1nc2ccc(NC(=O)NC3CCOCC3)cc2nc1C.